The van der Waals surface area contributed by atoms with E-state index in [1.165, 1.54) is 45.1 Å². The average molecular weight is 351 g/mol. The Morgan fingerprint density at radius 3 is 2.58 bits per heavy atom. The van der Waals surface area contributed by atoms with Crippen LogP contribution in [-0.4, -0.2) is 46.5 Å². The van der Waals surface area contributed by atoms with E-state index in [0.29, 0.717) is 17.4 Å². The molecular weight excluding hydrogens is 326 g/mol. The van der Waals surface area contributed by atoms with Crippen molar-refractivity contribution in [2.75, 3.05) is 25.0 Å². The summed E-state index contributed by atoms with van der Waals surface area (Å²) in [5.41, 5.74) is 1.33. The lowest BCUT2D eigenvalue weighted by Crippen LogP contribution is -2.39. The second-order valence-corrected chi connectivity index (χ2v) is 7.20. The van der Waals surface area contributed by atoms with Crippen molar-refractivity contribution >= 4 is 17.4 Å². The van der Waals surface area contributed by atoms with E-state index in [1.807, 2.05) is 30.3 Å². The number of piperidine rings is 1. The average Bonchev–Trinajstić information content (AvgIpc) is 3.53. The first kappa shape index (κ1) is 17.0. The molecule has 1 aromatic heterocycles. The Morgan fingerprint density at radius 1 is 1.08 bits per heavy atom. The number of rotatable bonds is 6. The van der Waals surface area contributed by atoms with Crippen molar-refractivity contribution in [3.05, 3.63) is 48.4 Å². The first-order valence-electron chi connectivity index (χ1n) is 9.44. The summed E-state index contributed by atoms with van der Waals surface area (Å²) in [6, 6.07) is 12.3. The lowest BCUT2D eigenvalue weighted by Gasteiger charge is -2.31. The maximum atomic E-state index is 12.4. The third-order valence-electron chi connectivity index (χ3n) is 5.21. The molecule has 4 rings (SSSR count). The van der Waals surface area contributed by atoms with Crippen molar-refractivity contribution in [3.8, 4) is 0 Å². The Balaban J connectivity index is 1.28. The van der Waals surface area contributed by atoms with Gasteiger partial charge in [-0.2, -0.15) is 0 Å². The molecule has 6 heteroatoms. The molecule has 0 radical (unpaired) electrons. The van der Waals surface area contributed by atoms with Crippen molar-refractivity contribution in [1.29, 1.82) is 0 Å². The van der Waals surface area contributed by atoms with Crippen LogP contribution in [0.2, 0.25) is 0 Å². The van der Waals surface area contributed by atoms with Gasteiger partial charge >= 0.3 is 0 Å². The molecule has 0 spiro atoms. The summed E-state index contributed by atoms with van der Waals surface area (Å²) in [6.07, 6.45) is 6.50. The van der Waals surface area contributed by atoms with Gasteiger partial charge in [0.05, 0.1) is 0 Å². The molecule has 2 aromatic rings. The van der Waals surface area contributed by atoms with Gasteiger partial charge in [0, 0.05) is 24.3 Å². The highest BCUT2D eigenvalue weighted by atomic mass is 16.1. The third-order valence-corrected chi connectivity index (χ3v) is 5.21. The zero-order valence-corrected chi connectivity index (χ0v) is 14.9. The Bertz CT molecular complexity index is 739. The summed E-state index contributed by atoms with van der Waals surface area (Å²) in [4.78, 5) is 23.3. The highest BCUT2D eigenvalue weighted by Gasteiger charge is 2.31. The number of carbonyl (C=O) groups is 1. The van der Waals surface area contributed by atoms with Crippen LogP contribution < -0.4 is 10.6 Å². The van der Waals surface area contributed by atoms with Gasteiger partial charge in [0.2, 0.25) is 0 Å². The SMILES string of the molecule is O=C(NCC1CCN(C2CC2)CC1)c1cc(Nc2ccccc2)ncn1. The van der Waals surface area contributed by atoms with E-state index >= 15 is 0 Å². The lowest BCUT2D eigenvalue weighted by atomic mass is 9.96. The Morgan fingerprint density at radius 2 is 1.85 bits per heavy atom. The van der Waals surface area contributed by atoms with Crippen LogP contribution in [0.4, 0.5) is 11.5 Å². The largest absolute Gasteiger partial charge is 0.350 e. The second kappa shape index (κ2) is 7.83. The molecule has 1 saturated heterocycles. The van der Waals surface area contributed by atoms with Gasteiger partial charge in [0.1, 0.15) is 17.8 Å². The van der Waals surface area contributed by atoms with Crippen molar-refractivity contribution in [2.45, 2.75) is 31.7 Å². The molecule has 2 aliphatic rings. The summed E-state index contributed by atoms with van der Waals surface area (Å²) in [6.45, 7) is 3.07. The van der Waals surface area contributed by atoms with Gasteiger partial charge in [-0.15, -0.1) is 0 Å². The minimum absolute atomic E-state index is 0.131. The molecule has 1 aromatic carbocycles. The van der Waals surface area contributed by atoms with E-state index in [4.69, 9.17) is 0 Å². The summed E-state index contributed by atoms with van der Waals surface area (Å²) < 4.78 is 0. The first-order chi connectivity index (χ1) is 12.8. The number of nitrogens with zero attached hydrogens (tertiary/aromatic N) is 3. The van der Waals surface area contributed by atoms with E-state index in [1.54, 1.807) is 6.07 Å². The van der Waals surface area contributed by atoms with E-state index in [9.17, 15) is 4.79 Å². The van der Waals surface area contributed by atoms with Crippen molar-refractivity contribution in [2.24, 2.45) is 5.92 Å². The van der Waals surface area contributed by atoms with E-state index in [-0.39, 0.29) is 5.91 Å². The van der Waals surface area contributed by atoms with Crippen LogP contribution >= 0.6 is 0 Å². The summed E-state index contributed by atoms with van der Waals surface area (Å²) in [7, 11) is 0. The number of benzene rings is 1. The van der Waals surface area contributed by atoms with Gasteiger partial charge in [0.15, 0.2) is 0 Å². The molecule has 1 aliphatic heterocycles. The highest BCUT2D eigenvalue weighted by Crippen LogP contribution is 2.30. The molecule has 1 amide bonds. The summed E-state index contributed by atoms with van der Waals surface area (Å²) in [5, 5.41) is 6.23. The predicted molar refractivity (Wildman–Crippen MR) is 101 cm³/mol. The maximum absolute atomic E-state index is 12.4. The number of carbonyl (C=O) groups excluding carboxylic acids is 1. The molecule has 0 bridgehead atoms. The number of hydrogen-bond acceptors (Lipinski definition) is 5. The van der Waals surface area contributed by atoms with E-state index in [2.05, 4.69) is 25.5 Å². The van der Waals surface area contributed by atoms with E-state index in [0.717, 1.165) is 18.3 Å². The monoisotopic (exact) mass is 351 g/mol. The summed E-state index contributed by atoms with van der Waals surface area (Å²) in [5.74, 6) is 1.06. The second-order valence-electron chi connectivity index (χ2n) is 7.20. The van der Waals surface area contributed by atoms with Crippen molar-refractivity contribution in [3.63, 3.8) is 0 Å². The fraction of sp³-hybridized carbons (Fsp3) is 0.450. The van der Waals surface area contributed by atoms with Gasteiger partial charge in [-0.1, -0.05) is 18.2 Å². The van der Waals surface area contributed by atoms with Gasteiger partial charge in [0.25, 0.3) is 5.91 Å². The lowest BCUT2D eigenvalue weighted by molar-refractivity contribution is 0.0930. The Kier molecular flexibility index (Phi) is 5.11. The van der Waals surface area contributed by atoms with Crippen molar-refractivity contribution < 1.29 is 4.79 Å². The van der Waals surface area contributed by atoms with Crippen LogP contribution in [0, 0.1) is 5.92 Å². The molecule has 1 aliphatic carbocycles. The standard InChI is InChI=1S/C20H25N5O/c26-20(21-13-15-8-10-25(11-9-15)17-6-7-17)18-12-19(23-14-22-18)24-16-4-2-1-3-5-16/h1-5,12,14-15,17H,6-11,13H2,(H,21,26)(H,22,23,24). The molecule has 26 heavy (non-hydrogen) atoms. The molecule has 1 saturated carbocycles. The number of hydrogen-bond donors (Lipinski definition) is 2. The number of nitrogens with one attached hydrogen (secondary N) is 2. The maximum Gasteiger partial charge on any atom is 0.270 e. The van der Waals surface area contributed by atoms with Crippen LogP contribution in [0.5, 0.6) is 0 Å². The number of para-hydroxylation sites is 1. The fourth-order valence-electron chi connectivity index (χ4n) is 3.51. The van der Waals surface area contributed by atoms with Gasteiger partial charge in [-0.05, 0) is 56.8 Å². The minimum Gasteiger partial charge on any atom is -0.350 e. The van der Waals surface area contributed by atoms with Gasteiger partial charge in [-0.3, -0.25) is 4.79 Å². The first-order valence-corrected chi connectivity index (χ1v) is 9.44. The number of likely N-dealkylation sites (tertiary alicyclic amines) is 1. The van der Waals surface area contributed by atoms with Crippen LogP contribution in [0.25, 0.3) is 0 Å². The number of aromatic nitrogens is 2. The normalized spacial score (nSPS) is 18.5. The highest BCUT2D eigenvalue weighted by molar-refractivity contribution is 5.92. The predicted octanol–water partition coefficient (Wildman–Crippen LogP) is 2.82. The smallest absolute Gasteiger partial charge is 0.270 e. The van der Waals surface area contributed by atoms with Crippen LogP contribution in [0.3, 0.4) is 0 Å². The molecule has 136 valence electrons. The molecule has 0 unspecified atom stereocenters. The van der Waals surface area contributed by atoms with Crippen LogP contribution in [0.15, 0.2) is 42.7 Å². The number of amides is 1. The zero-order chi connectivity index (χ0) is 17.8. The quantitative estimate of drug-likeness (QED) is 0.837. The van der Waals surface area contributed by atoms with Gasteiger partial charge in [-0.25, -0.2) is 9.97 Å². The summed E-state index contributed by atoms with van der Waals surface area (Å²) >= 11 is 0. The van der Waals surface area contributed by atoms with Crippen molar-refractivity contribution in [1.82, 2.24) is 20.2 Å². The third kappa shape index (κ3) is 4.38. The molecular formula is C20H25N5O. The zero-order valence-electron chi connectivity index (χ0n) is 14.9. The molecule has 6 nitrogen and oxygen atoms in total. The Hall–Kier alpha value is -2.47. The van der Waals surface area contributed by atoms with E-state index < -0.39 is 0 Å². The fourth-order valence-corrected chi connectivity index (χ4v) is 3.51. The molecule has 2 heterocycles. The minimum atomic E-state index is -0.131. The molecule has 0 atom stereocenters. The van der Waals surface area contributed by atoms with Gasteiger partial charge < -0.3 is 15.5 Å². The topological polar surface area (TPSA) is 70.2 Å². The number of anilines is 2. The van der Waals surface area contributed by atoms with Crippen LogP contribution in [0.1, 0.15) is 36.2 Å². The molecule has 2 fully saturated rings. The molecule has 2 N–H and O–H groups in total. The Labute approximate surface area is 154 Å². The van der Waals surface area contributed by atoms with Crippen LogP contribution in [-0.2, 0) is 0 Å².